The smallest absolute Gasteiger partial charge is 0.324 e. The molecule has 20 heavy (non-hydrogen) atoms. The number of carboxylic acids is 1. The van der Waals surface area contributed by atoms with Crippen LogP contribution in [0.2, 0.25) is 0 Å². The number of nitrogens with one attached hydrogen (secondary N) is 1. The van der Waals surface area contributed by atoms with E-state index in [-0.39, 0.29) is 0 Å². The predicted octanol–water partition coefficient (Wildman–Crippen LogP) is -0.293. The van der Waals surface area contributed by atoms with Gasteiger partial charge in [0, 0.05) is 6.07 Å². The minimum absolute atomic E-state index is 0.670. The number of rotatable bonds is 6. The summed E-state index contributed by atoms with van der Waals surface area (Å²) in [5.74, 6) is -1.60. The van der Waals surface area contributed by atoms with Crippen molar-refractivity contribution in [1.29, 1.82) is 0 Å². The molecule has 9 nitrogen and oxygen atoms in total. The second-order valence-corrected chi connectivity index (χ2v) is 5.59. The van der Waals surface area contributed by atoms with Crippen LogP contribution in [0.15, 0.2) is 29.2 Å². The fourth-order valence-electron chi connectivity index (χ4n) is 1.42. The van der Waals surface area contributed by atoms with Crippen LogP contribution in [0.1, 0.15) is 6.92 Å². The predicted molar refractivity (Wildman–Crippen MR) is 66.5 cm³/mol. The first-order valence-electron chi connectivity index (χ1n) is 5.33. The summed E-state index contributed by atoms with van der Waals surface area (Å²) in [6.07, 6.45) is -1.51. The number of aliphatic hydroxyl groups is 1. The lowest BCUT2D eigenvalue weighted by atomic mass is 10.2. The van der Waals surface area contributed by atoms with Crippen molar-refractivity contribution in [2.75, 3.05) is 0 Å². The third-order valence-electron chi connectivity index (χ3n) is 2.38. The zero-order valence-corrected chi connectivity index (χ0v) is 11.1. The molecule has 10 heteroatoms. The topological polar surface area (TPSA) is 147 Å². The van der Waals surface area contributed by atoms with Crippen molar-refractivity contribution in [3.8, 4) is 0 Å². The number of carboxylic acid groups (broad SMARTS) is 1. The summed E-state index contributed by atoms with van der Waals surface area (Å²) >= 11 is 0. The normalized spacial score (nSPS) is 14.5. The highest BCUT2D eigenvalue weighted by Crippen LogP contribution is 2.23. The van der Waals surface area contributed by atoms with Gasteiger partial charge in [0.2, 0.25) is 10.0 Å². The van der Waals surface area contributed by atoms with Crippen LogP contribution < -0.4 is 4.72 Å². The number of carbonyl (C=O) groups is 1. The number of aliphatic hydroxyl groups excluding tert-OH is 1. The number of hydrogen-bond donors (Lipinski definition) is 3. The summed E-state index contributed by atoms with van der Waals surface area (Å²) in [7, 11) is -4.46. The standard InChI is InChI=1S/C10H12N2O7S/c1-6(13)9(10(14)15)11-20(18,19)8-5-3-2-4-7(8)12(16)17/h2-6,9,11,13H,1H3,(H,14,15). The summed E-state index contributed by atoms with van der Waals surface area (Å²) in [4.78, 5) is 20.1. The molecule has 1 rings (SSSR count). The first-order valence-corrected chi connectivity index (χ1v) is 6.81. The monoisotopic (exact) mass is 304 g/mol. The molecule has 0 saturated carbocycles. The first kappa shape index (κ1) is 16.0. The van der Waals surface area contributed by atoms with Gasteiger partial charge in [-0.2, -0.15) is 4.72 Å². The van der Waals surface area contributed by atoms with Gasteiger partial charge in [-0.15, -0.1) is 0 Å². The molecule has 0 amide bonds. The van der Waals surface area contributed by atoms with Crippen LogP contribution in [0.25, 0.3) is 0 Å². The van der Waals surface area contributed by atoms with E-state index in [1.54, 1.807) is 4.72 Å². The number of aliphatic carboxylic acids is 1. The van der Waals surface area contributed by atoms with E-state index >= 15 is 0 Å². The Hall–Kier alpha value is -2.04. The molecule has 2 atom stereocenters. The van der Waals surface area contributed by atoms with E-state index in [2.05, 4.69) is 0 Å². The van der Waals surface area contributed by atoms with E-state index < -0.39 is 43.6 Å². The van der Waals surface area contributed by atoms with Crippen molar-refractivity contribution in [3.05, 3.63) is 34.4 Å². The third-order valence-corrected chi connectivity index (χ3v) is 3.87. The minimum Gasteiger partial charge on any atom is -0.480 e. The number of hydrogen-bond acceptors (Lipinski definition) is 6. The summed E-state index contributed by atoms with van der Waals surface area (Å²) in [5.41, 5.74) is -0.685. The van der Waals surface area contributed by atoms with Gasteiger partial charge in [-0.1, -0.05) is 12.1 Å². The molecular weight excluding hydrogens is 292 g/mol. The average molecular weight is 304 g/mol. The van der Waals surface area contributed by atoms with Gasteiger partial charge in [0.25, 0.3) is 5.69 Å². The van der Waals surface area contributed by atoms with E-state index in [4.69, 9.17) is 5.11 Å². The lowest BCUT2D eigenvalue weighted by molar-refractivity contribution is -0.387. The number of nitrogens with zero attached hydrogens (tertiary/aromatic N) is 1. The van der Waals surface area contributed by atoms with Crippen molar-refractivity contribution < 1.29 is 28.3 Å². The van der Waals surface area contributed by atoms with Crippen LogP contribution in [0, 0.1) is 10.1 Å². The van der Waals surface area contributed by atoms with Crippen molar-refractivity contribution in [3.63, 3.8) is 0 Å². The third kappa shape index (κ3) is 3.50. The molecule has 0 radical (unpaired) electrons. The molecule has 0 fully saturated rings. The molecule has 1 aromatic rings. The Labute approximate surface area is 114 Å². The van der Waals surface area contributed by atoms with Gasteiger partial charge in [-0.05, 0) is 13.0 Å². The fraction of sp³-hybridized carbons (Fsp3) is 0.300. The molecule has 0 aliphatic heterocycles. The van der Waals surface area contributed by atoms with Crippen LogP contribution >= 0.6 is 0 Å². The van der Waals surface area contributed by atoms with Gasteiger partial charge >= 0.3 is 5.97 Å². The number of nitro benzene ring substituents is 1. The van der Waals surface area contributed by atoms with Crippen molar-refractivity contribution in [2.45, 2.75) is 24.0 Å². The van der Waals surface area contributed by atoms with Gasteiger partial charge in [0.05, 0.1) is 11.0 Å². The maximum atomic E-state index is 12.0. The maximum Gasteiger partial charge on any atom is 0.324 e. The molecule has 3 N–H and O–H groups in total. The van der Waals surface area contributed by atoms with Gasteiger partial charge in [-0.25, -0.2) is 8.42 Å². The summed E-state index contributed by atoms with van der Waals surface area (Å²) in [6, 6.07) is 2.69. The van der Waals surface area contributed by atoms with Crippen LogP contribution in [0.3, 0.4) is 0 Å². The second-order valence-electron chi connectivity index (χ2n) is 3.90. The Morgan fingerprint density at radius 2 is 1.95 bits per heavy atom. The molecule has 0 aliphatic rings. The fourth-order valence-corrected chi connectivity index (χ4v) is 2.86. The van der Waals surface area contributed by atoms with Gasteiger partial charge < -0.3 is 10.2 Å². The van der Waals surface area contributed by atoms with E-state index in [1.807, 2.05) is 0 Å². The first-order chi connectivity index (χ1) is 9.16. The number of nitro groups is 1. The summed E-state index contributed by atoms with van der Waals surface area (Å²) in [6.45, 7) is 1.08. The Kier molecular flexibility index (Phi) is 4.76. The number of sulfonamides is 1. The molecular formula is C10H12N2O7S. The lowest BCUT2D eigenvalue weighted by Crippen LogP contribution is -2.47. The van der Waals surface area contributed by atoms with Crippen molar-refractivity contribution >= 4 is 21.7 Å². The SMILES string of the molecule is CC(O)C(NS(=O)(=O)c1ccccc1[N+](=O)[O-])C(=O)O. The van der Waals surface area contributed by atoms with Gasteiger partial charge in [0.1, 0.15) is 6.04 Å². The summed E-state index contributed by atoms with van der Waals surface area (Å²) in [5, 5.41) is 28.8. The van der Waals surface area contributed by atoms with E-state index in [9.17, 15) is 28.4 Å². The largest absolute Gasteiger partial charge is 0.480 e. The van der Waals surface area contributed by atoms with Crippen LogP contribution in [0.4, 0.5) is 5.69 Å². The highest BCUT2D eigenvalue weighted by Gasteiger charge is 2.32. The number of para-hydroxylation sites is 1. The Balaban J connectivity index is 3.24. The molecule has 0 saturated heterocycles. The molecule has 0 aromatic heterocycles. The molecule has 0 heterocycles. The van der Waals surface area contributed by atoms with Gasteiger partial charge in [-0.3, -0.25) is 14.9 Å². The molecule has 0 aliphatic carbocycles. The second kappa shape index (κ2) is 5.94. The molecule has 2 unspecified atom stereocenters. The lowest BCUT2D eigenvalue weighted by Gasteiger charge is -2.17. The van der Waals surface area contributed by atoms with Crippen LogP contribution in [-0.2, 0) is 14.8 Å². The van der Waals surface area contributed by atoms with Gasteiger partial charge in [0.15, 0.2) is 4.90 Å². The average Bonchev–Trinajstić information content (AvgIpc) is 2.35. The Bertz CT molecular complexity index is 626. The van der Waals surface area contributed by atoms with Crippen molar-refractivity contribution in [1.82, 2.24) is 4.72 Å². The maximum absolute atomic E-state index is 12.0. The minimum atomic E-state index is -4.46. The van der Waals surface area contributed by atoms with E-state index in [0.29, 0.717) is 0 Å². The molecule has 110 valence electrons. The Morgan fingerprint density at radius 1 is 1.40 bits per heavy atom. The van der Waals surface area contributed by atoms with Crippen molar-refractivity contribution in [2.24, 2.45) is 0 Å². The highest BCUT2D eigenvalue weighted by molar-refractivity contribution is 7.89. The highest BCUT2D eigenvalue weighted by atomic mass is 32.2. The van der Waals surface area contributed by atoms with Crippen LogP contribution in [-0.4, -0.2) is 41.7 Å². The zero-order valence-electron chi connectivity index (χ0n) is 10.3. The van der Waals surface area contributed by atoms with E-state index in [1.165, 1.54) is 12.1 Å². The zero-order chi connectivity index (χ0) is 15.5. The van der Waals surface area contributed by atoms with Crippen LogP contribution in [0.5, 0.6) is 0 Å². The van der Waals surface area contributed by atoms with E-state index in [0.717, 1.165) is 19.1 Å². The molecule has 0 spiro atoms. The Morgan fingerprint density at radius 3 is 2.40 bits per heavy atom. The molecule has 1 aromatic carbocycles. The number of benzene rings is 1. The molecule has 0 bridgehead atoms. The summed E-state index contributed by atoms with van der Waals surface area (Å²) < 4.78 is 25.7. The quantitative estimate of drug-likeness (QED) is 0.483.